The molecule has 0 heterocycles. The second kappa shape index (κ2) is 8.14. The first-order valence-corrected chi connectivity index (χ1v) is 7.53. The number of fused-ring (bicyclic) bond motifs is 1. The van der Waals surface area contributed by atoms with Gasteiger partial charge in [-0.25, -0.2) is 0 Å². The third-order valence-electron chi connectivity index (χ3n) is 3.65. The van der Waals surface area contributed by atoms with Gasteiger partial charge in [0.05, 0.1) is 26.2 Å². The largest absolute Gasteiger partial charge is 0.497 e. The van der Waals surface area contributed by atoms with Gasteiger partial charge in [-0.05, 0) is 35.4 Å². The van der Waals surface area contributed by atoms with Gasteiger partial charge in [0.25, 0.3) is 5.09 Å². The number of carbonyl (C=O) groups excluding carboxylic acids is 1. The fourth-order valence-electron chi connectivity index (χ4n) is 2.27. The van der Waals surface area contributed by atoms with Crippen LogP contribution in [0.15, 0.2) is 36.4 Å². The molecule has 0 N–H and O–H groups in total. The molecule has 24 heavy (non-hydrogen) atoms. The SMILES string of the molecule is COc1ccc2cc(C(C)C(=O)OCCCO[N+](=O)[O-])ccc2c1. The molecule has 2 rings (SSSR count). The van der Waals surface area contributed by atoms with E-state index in [2.05, 4.69) is 4.84 Å². The standard InChI is InChI=1S/C17H19NO6/c1-12(17(19)23-8-3-9-24-18(20)21)13-4-5-15-11-16(22-2)7-6-14(15)10-13/h4-7,10-12H,3,8-9H2,1-2H3. The summed E-state index contributed by atoms with van der Waals surface area (Å²) in [6, 6.07) is 11.5. The number of rotatable bonds is 8. The number of nitrogens with zero attached hydrogens (tertiary/aromatic N) is 1. The molecule has 7 heteroatoms. The van der Waals surface area contributed by atoms with Crippen molar-refractivity contribution in [3.63, 3.8) is 0 Å². The number of esters is 1. The van der Waals surface area contributed by atoms with E-state index in [0.29, 0.717) is 0 Å². The fraction of sp³-hybridized carbons (Fsp3) is 0.353. The Balaban J connectivity index is 1.95. The monoisotopic (exact) mass is 333 g/mol. The molecule has 1 atom stereocenters. The van der Waals surface area contributed by atoms with Gasteiger partial charge in [-0.15, -0.1) is 10.1 Å². The highest BCUT2D eigenvalue weighted by atomic mass is 16.9. The normalized spacial score (nSPS) is 11.8. The zero-order valence-corrected chi connectivity index (χ0v) is 13.6. The predicted octanol–water partition coefficient (Wildman–Crippen LogP) is 3.09. The average molecular weight is 333 g/mol. The highest BCUT2D eigenvalue weighted by Crippen LogP contribution is 2.25. The maximum atomic E-state index is 12.1. The quantitative estimate of drug-likeness (QED) is 0.319. The molecular weight excluding hydrogens is 314 g/mol. The molecular formula is C17H19NO6. The lowest BCUT2D eigenvalue weighted by atomic mass is 9.98. The molecule has 0 saturated heterocycles. The van der Waals surface area contributed by atoms with Crippen LogP contribution >= 0.6 is 0 Å². The van der Waals surface area contributed by atoms with E-state index in [9.17, 15) is 14.9 Å². The summed E-state index contributed by atoms with van der Waals surface area (Å²) in [5.74, 6) is -0.0171. The number of carbonyl (C=O) groups is 1. The second-order valence-electron chi connectivity index (χ2n) is 5.27. The Morgan fingerprint density at radius 1 is 1.17 bits per heavy atom. The Hall–Kier alpha value is -2.83. The average Bonchev–Trinajstić information content (AvgIpc) is 2.59. The maximum absolute atomic E-state index is 12.1. The molecule has 0 amide bonds. The number of methoxy groups -OCH3 is 1. The van der Waals surface area contributed by atoms with Gasteiger partial charge in [-0.2, -0.15) is 0 Å². The third kappa shape index (κ3) is 4.58. The minimum absolute atomic E-state index is 0.0851. The molecule has 0 aromatic heterocycles. The molecule has 0 aliphatic heterocycles. The summed E-state index contributed by atoms with van der Waals surface area (Å²) in [5, 5.41) is 11.2. The van der Waals surface area contributed by atoms with Crippen molar-refractivity contribution in [2.75, 3.05) is 20.3 Å². The molecule has 1 unspecified atom stereocenters. The molecule has 0 bridgehead atoms. The van der Waals surface area contributed by atoms with Gasteiger partial charge in [-0.1, -0.05) is 24.3 Å². The smallest absolute Gasteiger partial charge is 0.313 e. The zero-order valence-electron chi connectivity index (χ0n) is 13.6. The van der Waals surface area contributed by atoms with E-state index in [4.69, 9.17) is 9.47 Å². The van der Waals surface area contributed by atoms with Crippen LogP contribution in [0.4, 0.5) is 0 Å². The highest BCUT2D eigenvalue weighted by molar-refractivity contribution is 5.86. The van der Waals surface area contributed by atoms with Gasteiger partial charge in [-0.3, -0.25) is 4.79 Å². The molecule has 0 aliphatic rings. The van der Waals surface area contributed by atoms with Crippen molar-refractivity contribution < 1.29 is 24.2 Å². The van der Waals surface area contributed by atoms with Crippen LogP contribution in [0.25, 0.3) is 10.8 Å². The van der Waals surface area contributed by atoms with Crippen LogP contribution in [0.2, 0.25) is 0 Å². The van der Waals surface area contributed by atoms with E-state index >= 15 is 0 Å². The Bertz CT molecular complexity index is 730. The van der Waals surface area contributed by atoms with Gasteiger partial charge in [0, 0.05) is 6.42 Å². The van der Waals surface area contributed by atoms with Gasteiger partial charge in [0.1, 0.15) is 5.75 Å². The summed E-state index contributed by atoms with van der Waals surface area (Å²) in [4.78, 5) is 26.2. The molecule has 0 spiro atoms. The van der Waals surface area contributed by atoms with E-state index in [1.165, 1.54) is 0 Å². The van der Waals surface area contributed by atoms with Crippen LogP contribution in [0.3, 0.4) is 0 Å². The summed E-state index contributed by atoms with van der Waals surface area (Å²) in [6.07, 6.45) is 0.275. The molecule has 0 radical (unpaired) electrons. The Morgan fingerprint density at radius 3 is 2.58 bits per heavy atom. The highest BCUT2D eigenvalue weighted by Gasteiger charge is 2.17. The van der Waals surface area contributed by atoms with Crippen LogP contribution < -0.4 is 4.74 Å². The van der Waals surface area contributed by atoms with Gasteiger partial charge in [0.2, 0.25) is 0 Å². The van der Waals surface area contributed by atoms with Crippen LogP contribution in [-0.2, 0) is 14.4 Å². The lowest BCUT2D eigenvalue weighted by Crippen LogP contribution is -2.15. The van der Waals surface area contributed by atoms with Crippen molar-refractivity contribution >= 4 is 16.7 Å². The second-order valence-corrected chi connectivity index (χ2v) is 5.27. The van der Waals surface area contributed by atoms with Crippen molar-refractivity contribution in [3.05, 3.63) is 52.1 Å². The van der Waals surface area contributed by atoms with Crippen LogP contribution in [-0.4, -0.2) is 31.4 Å². The van der Waals surface area contributed by atoms with Crippen LogP contribution in [0.5, 0.6) is 5.75 Å². The fourth-order valence-corrected chi connectivity index (χ4v) is 2.27. The number of hydrogen-bond donors (Lipinski definition) is 0. The summed E-state index contributed by atoms with van der Waals surface area (Å²) in [5.41, 5.74) is 0.846. The maximum Gasteiger partial charge on any atom is 0.313 e. The van der Waals surface area contributed by atoms with Crippen LogP contribution in [0.1, 0.15) is 24.8 Å². The van der Waals surface area contributed by atoms with E-state index < -0.39 is 11.0 Å². The predicted molar refractivity (Wildman–Crippen MR) is 87.4 cm³/mol. The van der Waals surface area contributed by atoms with Crippen molar-refractivity contribution in [2.24, 2.45) is 0 Å². The van der Waals surface area contributed by atoms with Crippen molar-refractivity contribution in [2.45, 2.75) is 19.3 Å². The number of benzene rings is 2. The lowest BCUT2D eigenvalue weighted by Gasteiger charge is -2.13. The van der Waals surface area contributed by atoms with E-state index in [1.54, 1.807) is 14.0 Å². The van der Waals surface area contributed by atoms with Crippen molar-refractivity contribution in [1.82, 2.24) is 0 Å². The van der Waals surface area contributed by atoms with E-state index in [-0.39, 0.29) is 25.6 Å². The molecule has 2 aromatic carbocycles. The lowest BCUT2D eigenvalue weighted by molar-refractivity contribution is -0.757. The summed E-state index contributed by atoms with van der Waals surface area (Å²) in [6.45, 7) is 1.76. The summed E-state index contributed by atoms with van der Waals surface area (Å²) in [7, 11) is 1.62. The zero-order chi connectivity index (χ0) is 17.5. The topological polar surface area (TPSA) is 87.9 Å². The Kier molecular flexibility index (Phi) is 5.95. The first kappa shape index (κ1) is 17.5. The molecule has 0 fully saturated rings. The Morgan fingerprint density at radius 2 is 1.88 bits per heavy atom. The van der Waals surface area contributed by atoms with Gasteiger partial charge < -0.3 is 14.3 Å². The number of ether oxygens (including phenoxy) is 2. The van der Waals surface area contributed by atoms with Gasteiger partial charge in [0.15, 0.2) is 0 Å². The van der Waals surface area contributed by atoms with E-state index in [1.807, 2.05) is 36.4 Å². The molecule has 0 saturated carbocycles. The summed E-state index contributed by atoms with van der Waals surface area (Å²) < 4.78 is 10.3. The van der Waals surface area contributed by atoms with Crippen LogP contribution in [0, 0.1) is 10.1 Å². The third-order valence-corrected chi connectivity index (χ3v) is 3.65. The molecule has 128 valence electrons. The molecule has 7 nitrogen and oxygen atoms in total. The van der Waals surface area contributed by atoms with Crippen molar-refractivity contribution in [3.8, 4) is 5.75 Å². The minimum Gasteiger partial charge on any atom is -0.497 e. The minimum atomic E-state index is -0.867. The number of hydrogen-bond acceptors (Lipinski definition) is 6. The molecule has 2 aromatic rings. The first-order chi connectivity index (χ1) is 11.5. The molecule has 0 aliphatic carbocycles. The first-order valence-electron chi connectivity index (χ1n) is 7.53. The Labute approximate surface area is 139 Å². The van der Waals surface area contributed by atoms with Gasteiger partial charge >= 0.3 is 5.97 Å². The van der Waals surface area contributed by atoms with E-state index in [0.717, 1.165) is 22.1 Å². The summed E-state index contributed by atoms with van der Waals surface area (Å²) >= 11 is 0. The van der Waals surface area contributed by atoms with Crippen molar-refractivity contribution in [1.29, 1.82) is 0 Å².